The van der Waals surface area contributed by atoms with Crippen LogP contribution in [-0.4, -0.2) is 6.61 Å². The van der Waals surface area contributed by atoms with Crippen LogP contribution in [0.25, 0.3) is 0 Å². The zero-order valence-corrected chi connectivity index (χ0v) is 10.8. The van der Waals surface area contributed by atoms with Crippen molar-refractivity contribution in [3.05, 3.63) is 65.2 Å². The average Bonchev–Trinajstić information content (AvgIpc) is 2.40. The van der Waals surface area contributed by atoms with Crippen molar-refractivity contribution in [1.29, 1.82) is 0 Å². The largest absolute Gasteiger partial charge is 0.491 e. The number of hydrogen-bond acceptors (Lipinski definition) is 1. The quantitative estimate of drug-likeness (QED) is 0.730. The average molecular weight is 262 g/mol. The second-order valence-electron chi connectivity index (χ2n) is 4.47. The van der Waals surface area contributed by atoms with Gasteiger partial charge in [0, 0.05) is 0 Å². The zero-order chi connectivity index (χ0) is 13.7. The smallest absolute Gasteiger partial charge is 0.165 e. The Labute approximate surface area is 111 Å². The van der Waals surface area contributed by atoms with E-state index in [2.05, 4.69) is 0 Å². The van der Waals surface area contributed by atoms with Crippen LogP contribution in [0.2, 0.25) is 0 Å². The van der Waals surface area contributed by atoms with Crippen LogP contribution >= 0.6 is 0 Å². The summed E-state index contributed by atoms with van der Waals surface area (Å²) >= 11 is 0. The van der Waals surface area contributed by atoms with Gasteiger partial charge in [-0.15, -0.1) is 0 Å². The van der Waals surface area contributed by atoms with Gasteiger partial charge in [0.25, 0.3) is 0 Å². The van der Waals surface area contributed by atoms with Crippen LogP contribution in [0.5, 0.6) is 5.75 Å². The standard InChI is InChI=1S/C16H16F2O/c1-12-8-9-13(11-15(12)18)5-4-10-19-16-7-3-2-6-14(16)17/h2-3,6-9,11H,4-5,10H2,1H3. The SMILES string of the molecule is Cc1ccc(CCCOc2ccccc2F)cc1F. The molecule has 1 nitrogen and oxygen atoms in total. The predicted molar refractivity (Wildman–Crippen MR) is 71.4 cm³/mol. The van der Waals surface area contributed by atoms with E-state index in [0.29, 0.717) is 18.6 Å². The molecule has 19 heavy (non-hydrogen) atoms. The van der Waals surface area contributed by atoms with E-state index >= 15 is 0 Å². The minimum atomic E-state index is -0.358. The van der Waals surface area contributed by atoms with Crippen molar-refractivity contribution < 1.29 is 13.5 Å². The summed E-state index contributed by atoms with van der Waals surface area (Å²) in [4.78, 5) is 0. The molecule has 2 rings (SSSR count). The van der Waals surface area contributed by atoms with Crippen molar-refractivity contribution in [2.45, 2.75) is 19.8 Å². The molecule has 0 aromatic heterocycles. The molecule has 0 radical (unpaired) electrons. The molecule has 3 heteroatoms. The van der Waals surface area contributed by atoms with E-state index < -0.39 is 0 Å². The third-order valence-corrected chi connectivity index (χ3v) is 2.94. The van der Waals surface area contributed by atoms with Crippen molar-refractivity contribution in [1.82, 2.24) is 0 Å². The molecule has 0 aliphatic carbocycles. The summed E-state index contributed by atoms with van der Waals surface area (Å²) in [5.41, 5.74) is 1.58. The third kappa shape index (κ3) is 3.78. The number of hydrogen-bond donors (Lipinski definition) is 0. The number of rotatable bonds is 5. The molecule has 0 aliphatic rings. The number of ether oxygens (including phenoxy) is 1. The van der Waals surface area contributed by atoms with Gasteiger partial charge in [-0.3, -0.25) is 0 Å². The van der Waals surface area contributed by atoms with Crippen molar-refractivity contribution in [3.8, 4) is 5.75 Å². The first-order valence-electron chi connectivity index (χ1n) is 6.29. The van der Waals surface area contributed by atoms with E-state index in [-0.39, 0.29) is 17.4 Å². The molecule has 0 spiro atoms. The van der Waals surface area contributed by atoms with E-state index in [1.165, 1.54) is 6.07 Å². The highest BCUT2D eigenvalue weighted by Crippen LogP contribution is 2.16. The molecule has 0 saturated heterocycles. The molecule has 100 valence electrons. The normalized spacial score (nSPS) is 10.5. The van der Waals surface area contributed by atoms with Crippen LogP contribution in [0, 0.1) is 18.6 Å². The first-order chi connectivity index (χ1) is 9.16. The van der Waals surface area contributed by atoms with Crippen molar-refractivity contribution in [2.75, 3.05) is 6.61 Å². The Morgan fingerprint density at radius 3 is 2.53 bits per heavy atom. The van der Waals surface area contributed by atoms with E-state index in [4.69, 9.17) is 4.74 Å². The van der Waals surface area contributed by atoms with Gasteiger partial charge in [0.2, 0.25) is 0 Å². The van der Waals surface area contributed by atoms with Crippen LogP contribution in [0.3, 0.4) is 0 Å². The fraction of sp³-hybridized carbons (Fsp3) is 0.250. The molecule has 0 bridgehead atoms. The van der Waals surface area contributed by atoms with Crippen LogP contribution in [0.4, 0.5) is 8.78 Å². The number of para-hydroxylation sites is 1. The molecule has 0 unspecified atom stereocenters. The highest BCUT2D eigenvalue weighted by molar-refractivity contribution is 5.24. The first kappa shape index (κ1) is 13.5. The maximum atomic E-state index is 13.3. The molecule has 0 amide bonds. The lowest BCUT2D eigenvalue weighted by Crippen LogP contribution is -2.01. The summed E-state index contributed by atoms with van der Waals surface area (Å²) in [5, 5.41) is 0. The summed E-state index contributed by atoms with van der Waals surface area (Å²) in [6, 6.07) is 11.5. The van der Waals surface area contributed by atoms with Crippen LogP contribution in [-0.2, 0) is 6.42 Å². The monoisotopic (exact) mass is 262 g/mol. The van der Waals surface area contributed by atoms with Crippen LogP contribution < -0.4 is 4.74 Å². The Morgan fingerprint density at radius 2 is 1.79 bits per heavy atom. The molecule has 2 aromatic carbocycles. The van der Waals surface area contributed by atoms with Gasteiger partial charge < -0.3 is 4.74 Å². The van der Waals surface area contributed by atoms with Gasteiger partial charge in [-0.2, -0.15) is 0 Å². The summed E-state index contributed by atoms with van der Waals surface area (Å²) < 4.78 is 31.9. The predicted octanol–water partition coefficient (Wildman–Crippen LogP) is 4.28. The first-order valence-corrected chi connectivity index (χ1v) is 6.29. The minimum absolute atomic E-state index is 0.187. The molecule has 0 saturated carbocycles. The van der Waals surface area contributed by atoms with Crippen molar-refractivity contribution >= 4 is 0 Å². The third-order valence-electron chi connectivity index (χ3n) is 2.94. The van der Waals surface area contributed by atoms with Gasteiger partial charge in [-0.1, -0.05) is 24.3 Å². The number of aryl methyl sites for hydroxylation is 2. The molecule has 0 aliphatic heterocycles. The Balaban J connectivity index is 1.81. The lowest BCUT2D eigenvalue weighted by atomic mass is 10.1. The zero-order valence-electron chi connectivity index (χ0n) is 10.8. The summed E-state index contributed by atoms with van der Waals surface area (Å²) in [6.07, 6.45) is 1.43. The van der Waals surface area contributed by atoms with Gasteiger partial charge in [-0.25, -0.2) is 8.78 Å². The molecule has 0 heterocycles. The van der Waals surface area contributed by atoms with Crippen LogP contribution in [0.15, 0.2) is 42.5 Å². The second-order valence-corrected chi connectivity index (χ2v) is 4.47. The van der Waals surface area contributed by atoms with E-state index in [1.54, 1.807) is 37.3 Å². The maximum Gasteiger partial charge on any atom is 0.165 e. The fourth-order valence-corrected chi connectivity index (χ4v) is 1.81. The Hall–Kier alpha value is -1.90. The van der Waals surface area contributed by atoms with Gasteiger partial charge in [0.05, 0.1) is 6.61 Å². The molecular formula is C16H16F2O. The van der Waals surface area contributed by atoms with E-state index in [0.717, 1.165) is 12.0 Å². The Morgan fingerprint density at radius 1 is 1.00 bits per heavy atom. The molecular weight excluding hydrogens is 246 g/mol. The molecule has 2 aromatic rings. The second kappa shape index (κ2) is 6.32. The topological polar surface area (TPSA) is 9.23 Å². The lowest BCUT2D eigenvalue weighted by molar-refractivity contribution is 0.295. The lowest BCUT2D eigenvalue weighted by Gasteiger charge is -2.07. The fourth-order valence-electron chi connectivity index (χ4n) is 1.81. The van der Waals surface area contributed by atoms with Crippen molar-refractivity contribution in [2.24, 2.45) is 0 Å². The molecule has 0 atom stereocenters. The Kier molecular flexibility index (Phi) is 4.50. The minimum Gasteiger partial charge on any atom is -0.491 e. The van der Waals surface area contributed by atoms with E-state index in [1.807, 2.05) is 6.07 Å². The maximum absolute atomic E-state index is 13.3. The summed E-state index contributed by atoms with van der Waals surface area (Å²) in [6.45, 7) is 2.15. The summed E-state index contributed by atoms with van der Waals surface area (Å²) in [7, 11) is 0. The van der Waals surface area contributed by atoms with Crippen LogP contribution in [0.1, 0.15) is 17.5 Å². The highest BCUT2D eigenvalue weighted by Gasteiger charge is 2.02. The van der Waals surface area contributed by atoms with Gasteiger partial charge in [0.15, 0.2) is 11.6 Å². The van der Waals surface area contributed by atoms with E-state index in [9.17, 15) is 8.78 Å². The number of benzene rings is 2. The molecule has 0 fully saturated rings. The highest BCUT2D eigenvalue weighted by atomic mass is 19.1. The van der Waals surface area contributed by atoms with Crippen molar-refractivity contribution in [3.63, 3.8) is 0 Å². The summed E-state index contributed by atoms with van der Waals surface area (Å²) in [5.74, 6) is -0.283. The molecule has 0 N–H and O–H groups in total. The Bertz CT molecular complexity index is 552. The number of halogens is 2. The van der Waals surface area contributed by atoms with Gasteiger partial charge in [-0.05, 0) is 49.1 Å². The van der Waals surface area contributed by atoms with Gasteiger partial charge in [0.1, 0.15) is 5.82 Å². The van der Waals surface area contributed by atoms with Gasteiger partial charge >= 0.3 is 0 Å².